The van der Waals surface area contributed by atoms with Gasteiger partial charge in [-0.15, -0.1) is 0 Å². The molecule has 3 aromatic carbocycles. The predicted octanol–water partition coefficient (Wildman–Crippen LogP) is 5.47. The number of carboxylic acids is 2. The fourth-order valence-corrected chi connectivity index (χ4v) is 4.22. The van der Waals surface area contributed by atoms with Crippen molar-refractivity contribution in [1.29, 1.82) is 0 Å². The number of methoxy groups -OCH3 is 4. The summed E-state index contributed by atoms with van der Waals surface area (Å²) in [5, 5.41) is 15.6. The van der Waals surface area contributed by atoms with Crippen LogP contribution in [0.4, 0.5) is 0 Å². The molecule has 0 amide bonds. The van der Waals surface area contributed by atoms with Crippen LogP contribution in [0.15, 0.2) is 66.7 Å². The van der Waals surface area contributed by atoms with Crippen LogP contribution in [0.25, 0.3) is 11.1 Å². The van der Waals surface area contributed by atoms with Crippen LogP contribution >= 0.6 is 0 Å². The van der Waals surface area contributed by atoms with Gasteiger partial charge < -0.3 is 34.1 Å². The van der Waals surface area contributed by atoms with Gasteiger partial charge in [0.05, 0.1) is 28.4 Å². The van der Waals surface area contributed by atoms with E-state index in [1.807, 2.05) is 18.2 Å². The van der Waals surface area contributed by atoms with Crippen LogP contribution in [0.1, 0.15) is 23.1 Å². The van der Waals surface area contributed by atoms with E-state index in [1.165, 1.54) is 22.3 Å². The fraction of sp³-hybridized carbons (Fsp3) is 0.312. The zero-order chi connectivity index (χ0) is 30.4. The van der Waals surface area contributed by atoms with Gasteiger partial charge in [0, 0.05) is 18.7 Å². The van der Waals surface area contributed by atoms with Crippen molar-refractivity contribution in [3.05, 3.63) is 83.4 Å². The van der Waals surface area contributed by atoms with Crippen LogP contribution in [0.2, 0.25) is 0 Å². The molecule has 41 heavy (non-hydrogen) atoms. The zero-order valence-electron chi connectivity index (χ0n) is 24.5. The standard InChI is InChI=1S/C28H35NO4.C4H4O4/c1-20-9-10-23(21-11-14-25(30-3)15-12-21)18-24(20)19-29(2)17-7-8-22-13-16-26(31-4)28(33-6)27(22)32-5;5-3(6)1-2-4(7)8/h9-16,18H,7-8,17,19H2,1-6H3;1-2H,(H,5,6)(H,7,8). The van der Waals surface area contributed by atoms with Crippen molar-refractivity contribution < 1.29 is 38.7 Å². The molecule has 0 radical (unpaired) electrons. The highest BCUT2D eigenvalue weighted by Gasteiger charge is 2.16. The van der Waals surface area contributed by atoms with Crippen LogP contribution in [0.5, 0.6) is 23.0 Å². The fourth-order valence-electron chi connectivity index (χ4n) is 4.22. The zero-order valence-corrected chi connectivity index (χ0v) is 24.5. The number of rotatable bonds is 13. The van der Waals surface area contributed by atoms with Crippen LogP contribution in [-0.4, -0.2) is 69.1 Å². The van der Waals surface area contributed by atoms with E-state index in [0.29, 0.717) is 23.7 Å². The molecule has 0 heterocycles. The summed E-state index contributed by atoms with van der Waals surface area (Å²) in [6.45, 7) is 4.05. The Kier molecular flexibility index (Phi) is 13.2. The van der Waals surface area contributed by atoms with E-state index in [2.05, 4.69) is 55.3 Å². The summed E-state index contributed by atoms with van der Waals surface area (Å²) in [6, 6.07) is 18.9. The molecule has 0 spiro atoms. The number of ether oxygens (including phenoxy) is 4. The smallest absolute Gasteiger partial charge is 0.328 e. The lowest BCUT2D eigenvalue weighted by Crippen LogP contribution is -2.20. The van der Waals surface area contributed by atoms with E-state index >= 15 is 0 Å². The van der Waals surface area contributed by atoms with Crippen molar-refractivity contribution in [3.63, 3.8) is 0 Å². The molecular formula is C32H39NO8. The molecule has 0 unspecified atom stereocenters. The van der Waals surface area contributed by atoms with Crippen LogP contribution in [0, 0.1) is 6.92 Å². The van der Waals surface area contributed by atoms with Crippen LogP contribution in [-0.2, 0) is 22.6 Å². The van der Waals surface area contributed by atoms with Crippen molar-refractivity contribution >= 4 is 11.9 Å². The van der Waals surface area contributed by atoms with Crippen molar-refractivity contribution in [1.82, 2.24) is 4.90 Å². The van der Waals surface area contributed by atoms with Gasteiger partial charge >= 0.3 is 11.9 Å². The summed E-state index contributed by atoms with van der Waals surface area (Å²) >= 11 is 0. The van der Waals surface area contributed by atoms with Crippen LogP contribution in [0.3, 0.4) is 0 Å². The first kappa shape index (κ1) is 32.7. The Labute approximate surface area is 241 Å². The molecule has 0 bridgehead atoms. The Bertz CT molecular complexity index is 1300. The van der Waals surface area contributed by atoms with E-state index in [1.54, 1.807) is 28.4 Å². The van der Waals surface area contributed by atoms with E-state index in [0.717, 1.165) is 43.0 Å². The quantitative estimate of drug-likeness (QED) is 0.260. The third-order valence-electron chi connectivity index (χ3n) is 6.35. The average Bonchev–Trinajstić information content (AvgIpc) is 2.97. The summed E-state index contributed by atoms with van der Waals surface area (Å²) in [5.41, 5.74) is 6.19. The first-order valence-electron chi connectivity index (χ1n) is 13.0. The number of benzene rings is 3. The second kappa shape index (κ2) is 16.6. The van der Waals surface area contributed by atoms with E-state index in [4.69, 9.17) is 29.2 Å². The molecule has 2 N–H and O–H groups in total. The second-order valence-electron chi connectivity index (χ2n) is 9.21. The van der Waals surface area contributed by atoms with Gasteiger partial charge in [-0.1, -0.05) is 30.3 Å². The Morgan fingerprint density at radius 2 is 1.37 bits per heavy atom. The number of hydrogen-bond donors (Lipinski definition) is 2. The molecule has 0 saturated carbocycles. The van der Waals surface area contributed by atoms with Gasteiger partial charge in [0.2, 0.25) is 5.75 Å². The maximum Gasteiger partial charge on any atom is 0.328 e. The molecule has 0 saturated heterocycles. The predicted molar refractivity (Wildman–Crippen MR) is 158 cm³/mol. The number of nitrogens with zero attached hydrogens (tertiary/aromatic N) is 1. The molecule has 220 valence electrons. The molecule has 0 aliphatic heterocycles. The first-order chi connectivity index (χ1) is 19.6. The normalized spacial score (nSPS) is 10.6. The van der Waals surface area contributed by atoms with E-state index in [9.17, 15) is 9.59 Å². The minimum atomic E-state index is -1.26. The number of hydrogen-bond acceptors (Lipinski definition) is 7. The Morgan fingerprint density at radius 1 is 0.756 bits per heavy atom. The molecular weight excluding hydrogens is 526 g/mol. The monoisotopic (exact) mass is 565 g/mol. The topological polar surface area (TPSA) is 115 Å². The minimum absolute atomic E-state index is 0.558. The van der Waals surface area contributed by atoms with Gasteiger partial charge in [-0.2, -0.15) is 0 Å². The van der Waals surface area contributed by atoms with Gasteiger partial charge in [0.1, 0.15) is 5.75 Å². The number of carbonyl (C=O) groups is 2. The van der Waals surface area contributed by atoms with Crippen molar-refractivity contribution in [2.45, 2.75) is 26.3 Å². The van der Waals surface area contributed by atoms with Crippen molar-refractivity contribution in [3.8, 4) is 34.1 Å². The van der Waals surface area contributed by atoms with Gasteiger partial charge in [0.15, 0.2) is 11.5 Å². The number of aliphatic carboxylic acids is 2. The third kappa shape index (κ3) is 10.2. The van der Waals surface area contributed by atoms with Crippen LogP contribution < -0.4 is 18.9 Å². The Balaban J connectivity index is 0.000000642. The van der Waals surface area contributed by atoms with Gasteiger partial charge in [-0.05, 0) is 85.4 Å². The molecule has 0 aliphatic carbocycles. The molecule has 3 rings (SSSR count). The molecule has 0 aliphatic rings. The molecule has 0 atom stereocenters. The average molecular weight is 566 g/mol. The lowest BCUT2D eigenvalue weighted by atomic mass is 9.99. The van der Waals surface area contributed by atoms with E-state index < -0.39 is 11.9 Å². The maximum atomic E-state index is 9.55. The lowest BCUT2D eigenvalue weighted by molar-refractivity contribution is -0.134. The minimum Gasteiger partial charge on any atom is -0.497 e. The van der Waals surface area contributed by atoms with Gasteiger partial charge in [-0.25, -0.2) is 9.59 Å². The Morgan fingerprint density at radius 3 is 1.90 bits per heavy atom. The first-order valence-corrected chi connectivity index (χ1v) is 13.0. The maximum absolute atomic E-state index is 9.55. The van der Waals surface area contributed by atoms with Gasteiger partial charge in [-0.3, -0.25) is 0 Å². The summed E-state index contributed by atoms with van der Waals surface area (Å²) in [4.78, 5) is 21.5. The van der Waals surface area contributed by atoms with Crippen molar-refractivity contribution in [2.24, 2.45) is 0 Å². The summed E-state index contributed by atoms with van der Waals surface area (Å²) in [6.07, 6.45) is 3.03. The highest BCUT2D eigenvalue weighted by atomic mass is 16.5. The van der Waals surface area contributed by atoms with E-state index in [-0.39, 0.29) is 0 Å². The molecule has 3 aromatic rings. The van der Waals surface area contributed by atoms with Crippen molar-refractivity contribution in [2.75, 3.05) is 42.0 Å². The third-order valence-corrected chi connectivity index (χ3v) is 6.35. The summed E-state index contributed by atoms with van der Waals surface area (Å²) in [5.74, 6) is 0.443. The highest BCUT2D eigenvalue weighted by Crippen LogP contribution is 2.40. The second-order valence-corrected chi connectivity index (χ2v) is 9.21. The lowest BCUT2D eigenvalue weighted by Gasteiger charge is -2.20. The highest BCUT2D eigenvalue weighted by molar-refractivity contribution is 5.89. The summed E-state index contributed by atoms with van der Waals surface area (Å²) < 4.78 is 21.8. The SMILES string of the molecule is COc1ccc(-c2ccc(C)c(CN(C)CCCc3ccc(OC)c(OC)c3OC)c2)cc1.O=C(O)C=CC(=O)O. The molecule has 0 fully saturated rings. The molecule has 9 nitrogen and oxygen atoms in total. The Hall–Kier alpha value is -4.50. The molecule has 0 aromatic heterocycles. The number of aryl methyl sites for hydroxylation is 2. The summed E-state index contributed by atoms with van der Waals surface area (Å²) in [7, 11) is 8.81. The van der Waals surface area contributed by atoms with Gasteiger partial charge in [0.25, 0.3) is 0 Å². The largest absolute Gasteiger partial charge is 0.497 e. The number of carboxylic acid groups (broad SMARTS) is 2. The molecule has 9 heteroatoms.